The Kier molecular flexibility index (Phi) is 9.82. The molecule has 0 unspecified atom stereocenters. The Morgan fingerprint density at radius 2 is 2.24 bits per heavy atom. The molecule has 0 saturated carbocycles. The molecule has 0 aliphatic rings. The van der Waals surface area contributed by atoms with Gasteiger partial charge in [0, 0.05) is 38.8 Å². The number of nitrogens with one attached hydrogen (secondary N) is 2. The summed E-state index contributed by atoms with van der Waals surface area (Å²) < 4.78 is 5.72. The van der Waals surface area contributed by atoms with Gasteiger partial charge < -0.3 is 20.3 Å². The van der Waals surface area contributed by atoms with E-state index in [0.29, 0.717) is 18.9 Å². The standard InChI is InChI=1S/C19H30N4O2/c1-5-7-8-13-23(4)19(20-6-2)21-12-14-25-18-11-9-10-17(15-18)22-16(3)24/h5,9-11,15H,1,6-8,12-14H2,2-4H3,(H,20,21)(H,22,24). The highest BCUT2D eigenvalue weighted by atomic mass is 16.5. The van der Waals surface area contributed by atoms with Crippen LogP contribution in [0.1, 0.15) is 26.7 Å². The van der Waals surface area contributed by atoms with Gasteiger partial charge in [0.2, 0.25) is 5.91 Å². The number of carbonyl (C=O) groups is 1. The first-order valence-corrected chi connectivity index (χ1v) is 8.67. The molecule has 1 aromatic rings. The first kappa shape index (κ1) is 20.5. The number of benzene rings is 1. The van der Waals surface area contributed by atoms with Crippen molar-refractivity contribution in [3.8, 4) is 5.75 Å². The average molecular weight is 346 g/mol. The van der Waals surface area contributed by atoms with Gasteiger partial charge in [-0.1, -0.05) is 12.1 Å². The van der Waals surface area contributed by atoms with Gasteiger partial charge in [0.05, 0.1) is 6.54 Å². The lowest BCUT2D eigenvalue weighted by Crippen LogP contribution is -2.39. The largest absolute Gasteiger partial charge is 0.492 e. The van der Waals surface area contributed by atoms with Gasteiger partial charge in [0.1, 0.15) is 12.4 Å². The van der Waals surface area contributed by atoms with Gasteiger partial charge >= 0.3 is 0 Å². The van der Waals surface area contributed by atoms with Crippen LogP contribution in [0.15, 0.2) is 41.9 Å². The fourth-order valence-corrected chi connectivity index (χ4v) is 2.23. The molecular weight excluding hydrogens is 316 g/mol. The Morgan fingerprint density at radius 3 is 2.92 bits per heavy atom. The molecular formula is C19H30N4O2. The molecule has 138 valence electrons. The van der Waals surface area contributed by atoms with E-state index in [2.05, 4.69) is 34.0 Å². The van der Waals surface area contributed by atoms with Crippen LogP contribution in [0, 0.1) is 0 Å². The molecule has 0 atom stereocenters. The lowest BCUT2D eigenvalue weighted by Gasteiger charge is -2.21. The van der Waals surface area contributed by atoms with Gasteiger partial charge in [-0.05, 0) is 31.9 Å². The quantitative estimate of drug-likeness (QED) is 0.296. The summed E-state index contributed by atoms with van der Waals surface area (Å²) in [6.07, 6.45) is 3.98. The van der Waals surface area contributed by atoms with E-state index in [1.54, 1.807) is 6.07 Å². The summed E-state index contributed by atoms with van der Waals surface area (Å²) in [6.45, 7) is 10.1. The van der Waals surface area contributed by atoms with Crippen molar-refractivity contribution in [3.05, 3.63) is 36.9 Å². The van der Waals surface area contributed by atoms with E-state index in [-0.39, 0.29) is 5.91 Å². The van der Waals surface area contributed by atoms with Crippen molar-refractivity contribution in [2.45, 2.75) is 26.7 Å². The molecule has 6 heteroatoms. The van der Waals surface area contributed by atoms with E-state index in [4.69, 9.17) is 4.74 Å². The third-order valence-corrected chi connectivity index (χ3v) is 3.37. The number of amides is 1. The normalized spacial score (nSPS) is 10.9. The summed E-state index contributed by atoms with van der Waals surface area (Å²) in [6, 6.07) is 7.34. The summed E-state index contributed by atoms with van der Waals surface area (Å²) in [5.41, 5.74) is 0.726. The van der Waals surface area contributed by atoms with Crippen molar-refractivity contribution in [2.24, 2.45) is 4.99 Å². The zero-order chi connectivity index (χ0) is 18.5. The second kappa shape index (κ2) is 11.9. The van der Waals surface area contributed by atoms with Crippen molar-refractivity contribution in [2.75, 3.05) is 38.6 Å². The summed E-state index contributed by atoms with van der Waals surface area (Å²) in [4.78, 5) is 17.8. The number of hydrogen-bond acceptors (Lipinski definition) is 3. The molecule has 1 aromatic carbocycles. The Balaban J connectivity index is 2.49. The van der Waals surface area contributed by atoms with Gasteiger partial charge in [0.15, 0.2) is 5.96 Å². The first-order chi connectivity index (χ1) is 12.1. The summed E-state index contributed by atoms with van der Waals surface area (Å²) >= 11 is 0. The predicted molar refractivity (Wildman–Crippen MR) is 104 cm³/mol. The van der Waals surface area contributed by atoms with E-state index < -0.39 is 0 Å². The highest BCUT2D eigenvalue weighted by Crippen LogP contribution is 2.17. The Hall–Kier alpha value is -2.50. The molecule has 0 radical (unpaired) electrons. The van der Waals surface area contributed by atoms with Crippen LogP contribution in [0.5, 0.6) is 5.75 Å². The van der Waals surface area contributed by atoms with Crippen molar-refractivity contribution >= 4 is 17.6 Å². The molecule has 1 amide bonds. The molecule has 0 saturated heterocycles. The molecule has 25 heavy (non-hydrogen) atoms. The molecule has 0 aliphatic carbocycles. The minimum atomic E-state index is -0.100. The third kappa shape index (κ3) is 8.79. The maximum Gasteiger partial charge on any atom is 0.221 e. The van der Waals surface area contributed by atoms with E-state index in [9.17, 15) is 4.79 Å². The van der Waals surface area contributed by atoms with Crippen molar-refractivity contribution in [1.82, 2.24) is 10.2 Å². The molecule has 0 bridgehead atoms. The smallest absolute Gasteiger partial charge is 0.221 e. The molecule has 6 nitrogen and oxygen atoms in total. The van der Waals surface area contributed by atoms with Crippen LogP contribution in [-0.4, -0.2) is 50.1 Å². The molecule has 0 spiro atoms. The topological polar surface area (TPSA) is 66.0 Å². The fourth-order valence-electron chi connectivity index (χ4n) is 2.23. The second-order valence-corrected chi connectivity index (χ2v) is 5.65. The van der Waals surface area contributed by atoms with Crippen molar-refractivity contribution in [1.29, 1.82) is 0 Å². The summed E-state index contributed by atoms with van der Waals surface area (Å²) in [7, 11) is 2.03. The van der Waals surface area contributed by atoms with Crippen LogP contribution < -0.4 is 15.4 Å². The highest BCUT2D eigenvalue weighted by molar-refractivity contribution is 5.88. The van der Waals surface area contributed by atoms with Gasteiger partial charge in [-0.25, -0.2) is 4.99 Å². The van der Waals surface area contributed by atoms with E-state index in [1.807, 2.05) is 31.3 Å². The summed E-state index contributed by atoms with van der Waals surface area (Å²) in [5.74, 6) is 1.49. The first-order valence-electron chi connectivity index (χ1n) is 8.67. The van der Waals surface area contributed by atoms with Crippen LogP contribution >= 0.6 is 0 Å². The van der Waals surface area contributed by atoms with Crippen LogP contribution in [0.3, 0.4) is 0 Å². The molecule has 0 heterocycles. The minimum Gasteiger partial charge on any atom is -0.492 e. The fraction of sp³-hybridized carbons (Fsp3) is 0.474. The Morgan fingerprint density at radius 1 is 1.44 bits per heavy atom. The van der Waals surface area contributed by atoms with E-state index in [1.165, 1.54) is 6.92 Å². The molecule has 0 aliphatic heterocycles. The monoisotopic (exact) mass is 346 g/mol. The van der Waals surface area contributed by atoms with Gasteiger partial charge in [-0.3, -0.25) is 4.79 Å². The van der Waals surface area contributed by atoms with Crippen molar-refractivity contribution in [3.63, 3.8) is 0 Å². The van der Waals surface area contributed by atoms with Crippen LogP contribution in [0.25, 0.3) is 0 Å². The number of carbonyl (C=O) groups excluding carboxylic acids is 1. The van der Waals surface area contributed by atoms with Gasteiger partial charge in [-0.2, -0.15) is 0 Å². The average Bonchev–Trinajstić information content (AvgIpc) is 2.57. The molecule has 2 N–H and O–H groups in total. The number of rotatable bonds is 10. The zero-order valence-electron chi connectivity index (χ0n) is 15.5. The van der Waals surface area contributed by atoms with Crippen LogP contribution in [0.2, 0.25) is 0 Å². The maximum atomic E-state index is 11.1. The summed E-state index contributed by atoms with van der Waals surface area (Å²) in [5, 5.41) is 6.03. The highest BCUT2D eigenvalue weighted by Gasteiger charge is 2.04. The maximum absolute atomic E-state index is 11.1. The number of guanidine groups is 1. The lowest BCUT2D eigenvalue weighted by atomic mass is 10.3. The number of unbranched alkanes of at least 4 members (excludes halogenated alkanes) is 1. The Bertz CT molecular complexity index is 572. The number of hydrogen-bond donors (Lipinski definition) is 2. The third-order valence-electron chi connectivity index (χ3n) is 3.37. The Labute approximate surface area is 151 Å². The molecule has 1 rings (SSSR count). The number of nitrogens with zero attached hydrogens (tertiary/aromatic N) is 2. The number of aliphatic imine (C=N–C) groups is 1. The van der Waals surface area contributed by atoms with E-state index in [0.717, 1.165) is 37.6 Å². The minimum absolute atomic E-state index is 0.100. The lowest BCUT2D eigenvalue weighted by molar-refractivity contribution is -0.114. The molecule has 0 aromatic heterocycles. The number of anilines is 1. The SMILES string of the molecule is C=CCCCN(C)C(=NCCOc1cccc(NC(C)=O)c1)NCC. The van der Waals surface area contributed by atoms with Gasteiger partial charge in [0.25, 0.3) is 0 Å². The van der Waals surface area contributed by atoms with Crippen LogP contribution in [-0.2, 0) is 4.79 Å². The number of ether oxygens (including phenoxy) is 1. The second-order valence-electron chi connectivity index (χ2n) is 5.65. The zero-order valence-corrected chi connectivity index (χ0v) is 15.5. The van der Waals surface area contributed by atoms with E-state index >= 15 is 0 Å². The van der Waals surface area contributed by atoms with Crippen molar-refractivity contribution < 1.29 is 9.53 Å². The van der Waals surface area contributed by atoms with Crippen LogP contribution in [0.4, 0.5) is 5.69 Å². The van der Waals surface area contributed by atoms with Gasteiger partial charge in [-0.15, -0.1) is 6.58 Å². The molecule has 0 fully saturated rings. The predicted octanol–water partition coefficient (Wildman–Crippen LogP) is 2.89. The number of allylic oxidation sites excluding steroid dienone is 1.